The zero-order valence-corrected chi connectivity index (χ0v) is 15.2. The van der Waals surface area contributed by atoms with Gasteiger partial charge in [-0.15, -0.1) is 0 Å². The van der Waals surface area contributed by atoms with E-state index < -0.39 is 11.8 Å². The number of carbonyl (C=O) groups is 2. The van der Waals surface area contributed by atoms with E-state index in [1.54, 1.807) is 43.3 Å². The zero-order valence-electron chi connectivity index (χ0n) is 15.2. The Bertz CT molecular complexity index is 860. The lowest BCUT2D eigenvalue weighted by molar-refractivity contribution is -0.117. The van der Waals surface area contributed by atoms with Crippen LogP contribution in [0.5, 0.6) is 11.5 Å². The number of benzene rings is 2. The number of ether oxygens (including phenoxy) is 2. The Morgan fingerprint density at radius 2 is 1.70 bits per heavy atom. The van der Waals surface area contributed by atoms with Crippen LogP contribution in [-0.4, -0.2) is 23.6 Å². The maximum Gasteiger partial charge on any atom is 0.251 e. The first-order valence-corrected chi connectivity index (χ1v) is 9.24. The second-order valence-corrected chi connectivity index (χ2v) is 7.03. The van der Waals surface area contributed by atoms with E-state index in [1.807, 2.05) is 12.1 Å². The van der Waals surface area contributed by atoms with Gasteiger partial charge in [0.05, 0.1) is 0 Å². The Hall–Kier alpha value is -3.02. The molecule has 2 aromatic carbocycles. The summed E-state index contributed by atoms with van der Waals surface area (Å²) in [5.74, 6) is 0.249. The number of fused-ring (bicyclic) bond motifs is 1. The summed E-state index contributed by atoms with van der Waals surface area (Å²) in [7, 11) is 0. The average molecular weight is 366 g/mol. The van der Waals surface area contributed by atoms with Crippen molar-refractivity contribution in [3.05, 3.63) is 54.1 Å². The van der Waals surface area contributed by atoms with Gasteiger partial charge in [-0.3, -0.25) is 9.59 Å². The zero-order chi connectivity index (χ0) is 18.9. The molecule has 2 aliphatic rings. The van der Waals surface area contributed by atoms with Crippen molar-refractivity contribution in [3.8, 4) is 11.5 Å². The Morgan fingerprint density at radius 3 is 2.44 bits per heavy atom. The summed E-state index contributed by atoms with van der Waals surface area (Å²) >= 11 is 0. The fourth-order valence-electron chi connectivity index (χ4n) is 3.47. The number of anilines is 1. The van der Waals surface area contributed by atoms with Gasteiger partial charge in [0.15, 0.2) is 11.5 Å². The highest BCUT2D eigenvalue weighted by Gasteiger charge is 2.44. The molecule has 0 radical (unpaired) electrons. The molecule has 1 fully saturated rings. The highest BCUT2D eigenvalue weighted by Crippen LogP contribution is 2.47. The number of carbonyl (C=O) groups excluding carboxylic acids is 2. The normalized spacial score (nSPS) is 17.5. The van der Waals surface area contributed by atoms with Crippen molar-refractivity contribution >= 4 is 17.5 Å². The van der Waals surface area contributed by atoms with Gasteiger partial charge in [-0.25, -0.2) is 0 Å². The largest absolute Gasteiger partial charge is 0.448 e. The first-order chi connectivity index (χ1) is 13.0. The maximum atomic E-state index is 12.4. The maximum absolute atomic E-state index is 12.4. The van der Waals surface area contributed by atoms with E-state index in [0.717, 1.165) is 25.7 Å². The van der Waals surface area contributed by atoms with Crippen LogP contribution in [0.1, 0.15) is 43.0 Å². The van der Waals surface area contributed by atoms with Gasteiger partial charge in [0.1, 0.15) is 6.04 Å². The molecule has 2 aromatic rings. The molecule has 6 nitrogen and oxygen atoms in total. The van der Waals surface area contributed by atoms with Gasteiger partial charge in [-0.2, -0.15) is 0 Å². The van der Waals surface area contributed by atoms with Gasteiger partial charge >= 0.3 is 0 Å². The molecule has 1 heterocycles. The topological polar surface area (TPSA) is 76.7 Å². The SMILES string of the molecule is C[C@@H](NC(=O)c1ccccc1)C(=O)Nc1ccc2c(c1)OC1(CCCC1)O2. The third-order valence-corrected chi connectivity index (χ3v) is 4.95. The molecule has 1 atom stereocenters. The Kier molecular flexibility index (Phi) is 4.48. The van der Waals surface area contributed by atoms with E-state index in [0.29, 0.717) is 22.7 Å². The standard InChI is InChI=1S/C21H22N2O4/c1-14(22-20(25)15-7-3-2-4-8-15)19(24)23-16-9-10-17-18(13-16)27-21(26-17)11-5-6-12-21/h2-4,7-10,13-14H,5-6,11-12H2,1H3,(H,22,25)(H,23,24)/t14-/m1/s1. The third kappa shape index (κ3) is 3.60. The molecule has 6 heteroatoms. The lowest BCUT2D eigenvalue weighted by atomic mass is 10.2. The molecule has 1 spiro atoms. The fourth-order valence-corrected chi connectivity index (χ4v) is 3.47. The summed E-state index contributed by atoms with van der Waals surface area (Å²) in [4.78, 5) is 24.6. The molecular weight excluding hydrogens is 344 g/mol. The van der Waals surface area contributed by atoms with Crippen molar-refractivity contribution in [1.82, 2.24) is 5.32 Å². The summed E-state index contributed by atoms with van der Waals surface area (Å²) in [6, 6.07) is 13.5. The highest BCUT2D eigenvalue weighted by molar-refractivity contribution is 6.01. The van der Waals surface area contributed by atoms with Crippen molar-refractivity contribution in [2.45, 2.75) is 44.4 Å². The first kappa shape index (κ1) is 17.4. The minimum atomic E-state index is -0.677. The van der Waals surface area contributed by atoms with Crippen molar-refractivity contribution in [2.75, 3.05) is 5.32 Å². The molecule has 2 amide bonds. The van der Waals surface area contributed by atoms with Crippen LogP contribution in [0, 0.1) is 0 Å². The van der Waals surface area contributed by atoms with Gasteiger partial charge in [0, 0.05) is 30.2 Å². The van der Waals surface area contributed by atoms with Crippen LogP contribution in [-0.2, 0) is 4.79 Å². The Morgan fingerprint density at radius 1 is 1.00 bits per heavy atom. The van der Waals surface area contributed by atoms with Gasteiger partial charge in [-0.05, 0) is 44.0 Å². The van der Waals surface area contributed by atoms with Crippen molar-refractivity contribution in [2.24, 2.45) is 0 Å². The van der Waals surface area contributed by atoms with E-state index in [4.69, 9.17) is 9.47 Å². The van der Waals surface area contributed by atoms with Crippen molar-refractivity contribution in [1.29, 1.82) is 0 Å². The predicted octanol–water partition coefficient (Wildman–Crippen LogP) is 3.49. The molecule has 27 heavy (non-hydrogen) atoms. The van der Waals surface area contributed by atoms with E-state index in [9.17, 15) is 9.59 Å². The Balaban J connectivity index is 1.38. The molecule has 140 valence electrons. The first-order valence-electron chi connectivity index (χ1n) is 9.24. The summed E-state index contributed by atoms with van der Waals surface area (Å²) < 4.78 is 12.0. The summed E-state index contributed by atoms with van der Waals surface area (Å²) in [6.45, 7) is 1.65. The molecule has 0 bridgehead atoms. The van der Waals surface area contributed by atoms with E-state index in [1.165, 1.54) is 0 Å². The third-order valence-electron chi connectivity index (χ3n) is 4.95. The number of hydrogen-bond donors (Lipinski definition) is 2. The van der Waals surface area contributed by atoms with E-state index in [-0.39, 0.29) is 11.8 Å². The van der Waals surface area contributed by atoms with E-state index in [2.05, 4.69) is 10.6 Å². The molecule has 1 aliphatic carbocycles. The van der Waals surface area contributed by atoms with Crippen LogP contribution in [0.3, 0.4) is 0 Å². The van der Waals surface area contributed by atoms with Crippen molar-refractivity contribution in [3.63, 3.8) is 0 Å². The quantitative estimate of drug-likeness (QED) is 0.868. The van der Waals surface area contributed by atoms with Gasteiger partial charge < -0.3 is 20.1 Å². The molecule has 0 saturated heterocycles. The summed E-state index contributed by atoms with van der Waals surface area (Å²) in [5, 5.41) is 5.52. The summed E-state index contributed by atoms with van der Waals surface area (Å²) in [5.41, 5.74) is 1.13. The van der Waals surface area contributed by atoms with Gasteiger partial charge in [0.25, 0.3) is 11.7 Å². The lowest BCUT2D eigenvalue weighted by Gasteiger charge is -2.21. The molecule has 1 aliphatic heterocycles. The second kappa shape index (κ2) is 6.95. The number of amides is 2. The number of rotatable bonds is 4. The van der Waals surface area contributed by atoms with Crippen LogP contribution >= 0.6 is 0 Å². The Labute approximate surface area is 157 Å². The molecule has 1 saturated carbocycles. The monoisotopic (exact) mass is 366 g/mol. The molecular formula is C21H22N2O4. The minimum absolute atomic E-state index is 0.285. The lowest BCUT2D eigenvalue weighted by Crippen LogP contribution is -2.41. The average Bonchev–Trinajstić information content (AvgIpc) is 3.27. The fraction of sp³-hybridized carbons (Fsp3) is 0.333. The number of hydrogen-bond acceptors (Lipinski definition) is 4. The smallest absolute Gasteiger partial charge is 0.251 e. The van der Waals surface area contributed by atoms with Crippen LogP contribution in [0.2, 0.25) is 0 Å². The minimum Gasteiger partial charge on any atom is -0.448 e. The predicted molar refractivity (Wildman–Crippen MR) is 101 cm³/mol. The van der Waals surface area contributed by atoms with E-state index >= 15 is 0 Å². The number of nitrogens with one attached hydrogen (secondary N) is 2. The molecule has 0 aromatic heterocycles. The van der Waals surface area contributed by atoms with Gasteiger partial charge in [-0.1, -0.05) is 18.2 Å². The molecule has 4 rings (SSSR count). The second-order valence-electron chi connectivity index (χ2n) is 7.03. The highest BCUT2D eigenvalue weighted by atomic mass is 16.7. The summed E-state index contributed by atoms with van der Waals surface area (Å²) in [6.07, 6.45) is 3.95. The van der Waals surface area contributed by atoms with Crippen LogP contribution in [0.15, 0.2) is 48.5 Å². The van der Waals surface area contributed by atoms with Crippen LogP contribution in [0.4, 0.5) is 5.69 Å². The van der Waals surface area contributed by atoms with Gasteiger partial charge in [0.2, 0.25) is 5.91 Å². The molecule has 2 N–H and O–H groups in total. The van der Waals surface area contributed by atoms with Crippen molar-refractivity contribution < 1.29 is 19.1 Å². The molecule has 0 unspecified atom stereocenters. The van der Waals surface area contributed by atoms with Crippen LogP contribution in [0.25, 0.3) is 0 Å². The van der Waals surface area contributed by atoms with Crippen LogP contribution < -0.4 is 20.1 Å².